The highest BCUT2D eigenvalue weighted by Gasteiger charge is 2.35. The van der Waals surface area contributed by atoms with E-state index in [1.807, 2.05) is 24.3 Å². The van der Waals surface area contributed by atoms with Gasteiger partial charge in [0.05, 0.1) is 18.0 Å². The zero-order valence-electron chi connectivity index (χ0n) is 17.7. The summed E-state index contributed by atoms with van der Waals surface area (Å²) in [5, 5.41) is 2.87. The summed E-state index contributed by atoms with van der Waals surface area (Å²) in [7, 11) is -3.52. The molecule has 2 aromatic carbocycles. The third-order valence-electron chi connectivity index (χ3n) is 5.26. The molecule has 1 N–H and O–H groups in total. The van der Waals surface area contributed by atoms with Crippen molar-refractivity contribution in [1.82, 2.24) is 5.32 Å². The van der Waals surface area contributed by atoms with E-state index < -0.39 is 16.1 Å². The van der Waals surface area contributed by atoms with Crippen molar-refractivity contribution in [3.8, 4) is 5.75 Å². The molecule has 3 rings (SSSR count). The fraction of sp³-hybridized carbons (Fsp3) is 0.409. The van der Waals surface area contributed by atoms with E-state index in [4.69, 9.17) is 4.74 Å². The highest BCUT2D eigenvalue weighted by Crippen LogP contribution is 2.35. The van der Waals surface area contributed by atoms with E-state index in [1.165, 1.54) is 4.31 Å². The fourth-order valence-corrected chi connectivity index (χ4v) is 4.60. The van der Waals surface area contributed by atoms with Crippen LogP contribution in [0.5, 0.6) is 5.75 Å². The molecule has 7 nitrogen and oxygen atoms in total. The van der Waals surface area contributed by atoms with Crippen molar-refractivity contribution in [2.24, 2.45) is 0 Å². The minimum Gasteiger partial charge on any atom is -0.476 e. The minimum absolute atomic E-state index is 0.0417. The van der Waals surface area contributed by atoms with Gasteiger partial charge in [0.2, 0.25) is 10.0 Å². The quantitative estimate of drug-likeness (QED) is 0.695. The van der Waals surface area contributed by atoms with Crippen molar-refractivity contribution in [2.75, 3.05) is 34.6 Å². The maximum atomic E-state index is 12.7. The van der Waals surface area contributed by atoms with Crippen LogP contribution in [0.1, 0.15) is 26.3 Å². The molecule has 0 radical (unpaired) electrons. The van der Waals surface area contributed by atoms with E-state index in [1.54, 1.807) is 31.2 Å². The number of ether oxygens (including phenoxy) is 1. The highest BCUT2D eigenvalue weighted by molar-refractivity contribution is 7.92. The summed E-state index contributed by atoms with van der Waals surface area (Å²) >= 11 is 0. The van der Waals surface area contributed by atoms with Crippen molar-refractivity contribution in [3.05, 3.63) is 54.1 Å². The third kappa shape index (κ3) is 4.70. The van der Waals surface area contributed by atoms with Crippen LogP contribution in [0.25, 0.3) is 0 Å². The Labute approximate surface area is 178 Å². The van der Waals surface area contributed by atoms with Crippen molar-refractivity contribution in [1.29, 1.82) is 0 Å². The van der Waals surface area contributed by atoms with E-state index in [0.29, 0.717) is 18.0 Å². The Balaban J connectivity index is 1.69. The third-order valence-corrected chi connectivity index (χ3v) is 7.01. The molecular formula is C22H29N3O4S. The van der Waals surface area contributed by atoms with Gasteiger partial charge in [0.1, 0.15) is 5.75 Å². The number of carbonyl (C=O) groups excluding carboxylic acids is 1. The molecule has 1 heterocycles. The molecule has 1 aliphatic heterocycles. The van der Waals surface area contributed by atoms with Crippen molar-refractivity contribution in [2.45, 2.75) is 33.4 Å². The highest BCUT2D eigenvalue weighted by atomic mass is 32.2. The van der Waals surface area contributed by atoms with Gasteiger partial charge >= 0.3 is 0 Å². The standard InChI is InChI=1S/C22H29N3O4S/c1-4-24(5-2)18-13-11-17(12-14-18)15-23-22(26)21-16-25(30(27,28)6-3)19-9-7-8-10-20(19)29-21/h7-14,21H,4-6,15-16H2,1-3H3,(H,23,26)/t21-/m1/s1. The van der Waals surface area contributed by atoms with Gasteiger partial charge in [-0.15, -0.1) is 0 Å². The fourth-order valence-electron chi connectivity index (χ4n) is 3.47. The molecule has 0 unspecified atom stereocenters. The number of sulfonamides is 1. The number of nitrogens with zero attached hydrogens (tertiary/aromatic N) is 2. The molecule has 1 aliphatic rings. The molecule has 0 aromatic heterocycles. The number of benzene rings is 2. The first-order valence-corrected chi connectivity index (χ1v) is 11.9. The number of fused-ring (bicyclic) bond motifs is 1. The smallest absolute Gasteiger partial charge is 0.263 e. The summed E-state index contributed by atoms with van der Waals surface area (Å²) < 4.78 is 32.2. The Bertz CT molecular complexity index is 972. The molecule has 1 atom stereocenters. The Morgan fingerprint density at radius 2 is 1.77 bits per heavy atom. The second kappa shape index (κ2) is 9.38. The monoisotopic (exact) mass is 431 g/mol. The predicted molar refractivity (Wildman–Crippen MR) is 120 cm³/mol. The van der Waals surface area contributed by atoms with Gasteiger partial charge in [0, 0.05) is 25.3 Å². The van der Waals surface area contributed by atoms with Crippen LogP contribution in [0.2, 0.25) is 0 Å². The topological polar surface area (TPSA) is 79.0 Å². The van der Waals surface area contributed by atoms with Gasteiger partial charge in [-0.1, -0.05) is 24.3 Å². The second-order valence-electron chi connectivity index (χ2n) is 7.06. The van der Waals surface area contributed by atoms with Crippen LogP contribution in [-0.2, 0) is 21.4 Å². The molecule has 0 spiro atoms. The Kier molecular flexibility index (Phi) is 6.87. The molecule has 8 heteroatoms. The lowest BCUT2D eigenvalue weighted by Gasteiger charge is -2.34. The normalized spacial score (nSPS) is 15.8. The predicted octanol–water partition coefficient (Wildman–Crippen LogP) is 2.77. The molecule has 0 fully saturated rings. The van der Waals surface area contributed by atoms with E-state index in [-0.39, 0.29) is 18.2 Å². The SMILES string of the molecule is CCN(CC)c1ccc(CNC(=O)[C@H]2CN(S(=O)(=O)CC)c3ccccc3O2)cc1. The van der Waals surface area contributed by atoms with Crippen LogP contribution in [0, 0.1) is 0 Å². The first-order chi connectivity index (χ1) is 14.4. The van der Waals surface area contributed by atoms with E-state index >= 15 is 0 Å². The van der Waals surface area contributed by atoms with E-state index in [9.17, 15) is 13.2 Å². The summed E-state index contributed by atoms with van der Waals surface area (Å²) in [4.78, 5) is 15.0. The van der Waals surface area contributed by atoms with Gasteiger partial charge in [-0.25, -0.2) is 8.42 Å². The van der Waals surface area contributed by atoms with Gasteiger partial charge in [-0.05, 0) is 50.6 Å². The summed E-state index contributed by atoms with van der Waals surface area (Å²) in [5.74, 6) is 0.00676. The molecule has 0 saturated heterocycles. The van der Waals surface area contributed by atoms with Crippen LogP contribution in [0.4, 0.5) is 11.4 Å². The maximum absolute atomic E-state index is 12.7. The van der Waals surface area contributed by atoms with Gasteiger partial charge in [-0.2, -0.15) is 0 Å². The number of rotatable bonds is 8. The minimum atomic E-state index is -3.52. The van der Waals surface area contributed by atoms with Gasteiger partial charge in [-0.3, -0.25) is 9.10 Å². The van der Waals surface area contributed by atoms with Gasteiger partial charge < -0.3 is 15.0 Å². The molecule has 30 heavy (non-hydrogen) atoms. The van der Waals surface area contributed by atoms with E-state index in [2.05, 4.69) is 24.1 Å². The van der Waals surface area contributed by atoms with Crippen molar-refractivity contribution in [3.63, 3.8) is 0 Å². The average molecular weight is 432 g/mol. The maximum Gasteiger partial charge on any atom is 0.263 e. The molecule has 2 aromatic rings. The largest absolute Gasteiger partial charge is 0.476 e. The lowest BCUT2D eigenvalue weighted by Crippen LogP contribution is -2.50. The number of hydrogen-bond acceptors (Lipinski definition) is 5. The Morgan fingerprint density at radius 3 is 2.40 bits per heavy atom. The first-order valence-electron chi connectivity index (χ1n) is 10.3. The van der Waals surface area contributed by atoms with Crippen LogP contribution in [0.3, 0.4) is 0 Å². The molecule has 0 aliphatic carbocycles. The molecule has 1 amide bonds. The van der Waals surface area contributed by atoms with Crippen LogP contribution >= 0.6 is 0 Å². The number of hydrogen-bond donors (Lipinski definition) is 1. The number of carbonyl (C=O) groups is 1. The zero-order valence-corrected chi connectivity index (χ0v) is 18.5. The number of nitrogens with one attached hydrogen (secondary N) is 1. The summed E-state index contributed by atoms with van der Waals surface area (Å²) in [6.45, 7) is 7.99. The Morgan fingerprint density at radius 1 is 1.10 bits per heavy atom. The zero-order chi connectivity index (χ0) is 21.7. The Hall–Kier alpha value is -2.74. The first kappa shape index (κ1) is 22.0. The van der Waals surface area contributed by atoms with Crippen LogP contribution in [-0.4, -0.2) is 45.8 Å². The van der Waals surface area contributed by atoms with Gasteiger partial charge in [0.25, 0.3) is 5.91 Å². The number of para-hydroxylation sites is 2. The van der Waals surface area contributed by atoms with Crippen molar-refractivity contribution < 1.29 is 17.9 Å². The average Bonchev–Trinajstić information content (AvgIpc) is 2.78. The summed E-state index contributed by atoms with van der Waals surface area (Å²) in [6, 6.07) is 14.9. The number of anilines is 2. The second-order valence-corrected chi connectivity index (χ2v) is 9.24. The van der Waals surface area contributed by atoms with Crippen molar-refractivity contribution >= 4 is 27.3 Å². The number of amides is 1. The summed E-state index contributed by atoms with van der Waals surface area (Å²) in [6.07, 6.45) is -0.906. The lowest BCUT2D eigenvalue weighted by molar-refractivity contribution is -0.127. The summed E-state index contributed by atoms with van der Waals surface area (Å²) in [5.41, 5.74) is 2.58. The van der Waals surface area contributed by atoms with Crippen LogP contribution < -0.4 is 19.3 Å². The van der Waals surface area contributed by atoms with Gasteiger partial charge in [0.15, 0.2) is 6.10 Å². The molecule has 162 valence electrons. The lowest BCUT2D eigenvalue weighted by atomic mass is 10.1. The molecule has 0 bridgehead atoms. The molecular weight excluding hydrogens is 402 g/mol. The van der Waals surface area contributed by atoms with Crippen LogP contribution in [0.15, 0.2) is 48.5 Å². The van der Waals surface area contributed by atoms with E-state index in [0.717, 1.165) is 24.3 Å². The molecule has 0 saturated carbocycles.